The van der Waals surface area contributed by atoms with E-state index in [1.807, 2.05) is 63.2 Å². The number of hydrogen-bond acceptors (Lipinski definition) is 5. The molecule has 0 bridgehead atoms. The lowest BCUT2D eigenvalue weighted by atomic mass is 10.2. The molecule has 0 saturated carbocycles. The molecular weight excluding hydrogens is 348 g/mol. The predicted molar refractivity (Wildman–Crippen MR) is 106 cm³/mol. The number of benzene rings is 2. The molecule has 0 fully saturated rings. The number of hydrogen-bond donors (Lipinski definition) is 1. The molecule has 0 unspecified atom stereocenters. The van der Waals surface area contributed by atoms with Crippen LogP contribution in [0.15, 0.2) is 52.5 Å². The Bertz CT molecular complexity index is 760. The fraction of sp³-hybridized carbons (Fsp3) is 0.300. The Morgan fingerprint density at radius 2 is 1.96 bits per heavy atom. The molecule has 0 aromatic heterocycles. The number of aryl methyl sites for hydroxylation is 1. The summed E-state index contributed by atoms with van der Waals surface area (Å²) in [6.07, 6.45) is 1.58. The van der Waals surface area contributed by atoms with Gasteiger partial charge in [-0.15, -0.1) is 11.8 Å². The first kappa shape index (κ1) is 19.8. The fourth-order valence-electron chi connectivity index (χ4n) is 2.18. The van der Waals surface area contributed by atoms with Crippen molar-refractivity contribution in [2.45, 2.75) is 30.9 Å². The van der Waals surface area contributed by atoms with Gasteiger partial charge in [-0.25, -0.2) is 5.43 Å². The van der Waals surface area contributed by atoms with Crippen LogP contribution in [0.2, 0.25) is 0 Å². The molecule has 0 heterocycles. The van der Waals surface area contributed by atoms with Gasteiger partial charge in [0.15, 0.2) is 11.5 Å². The molecule has 26 heavy (non-hydrogen) atoms. The van der Waals surface area contributed by atoms with Crippen molar-refractivity contribution in [3.8, 4) is 11.5 Å². The minimum Gasteiger partial charge on any atom is -0.493 e. The number of thioether (sulfide) groups is 1. The van der Waals surface area contributed by atoms with Crippen LogP contribution in [0.5, 0.6) is 11.5 Å². The van der Waals surface area contributed by atoms with Crippen LogP contribution >= 0.6 is 11.8 Å². The second-order valence-corrected chi connectivity index (χ2v) is 7.06. The summed E-state index contributed by atoms with van der Waals surface area (Å²) in [6.45, 7) is 6.38. The minimum atomic E-state index is -0.246. The van der Waals surface area contributed by atoms with Gasteiger partial charge >= 0.3 is 0 Å². The molecule has 0 spiro atoms. The van der Waals surface area contributed by atoms with Crippen molar-refractivity contribution in [3.05, 3.63) is 53.6 Å². The largest absolute Gasteiger partial charge is 0.493 e. The molecule has 1 atom stereocenters. The van der Waals surface area contributed by atoms with Crippen LogP contribution in [-0.2, 0) is 4.79 Å². The average Bonchev–Trinajstić information content (AvgIpc) is 2.64. The zero-order valence-electron chi connectivity index (χ0n) is 15.5. The highest BCUT2D eigenvalue weighted by atomic mass is 32.2. The molecule has 2 aromatic rings. The molecule has 1 amide bonds. The SMILES string of the molecule is CCOc1ccc(/C=N\NC(=O)[C@@H](C)Sc2ccc(C)cc2)cc1OC. The Morgan fingerprint density at radius 1 is 1.23 bits per heavy atom. The number of nitrogens with zero attached hydrogens (tertiary/aromatic N) is 1. The van der Waals surface area contributed by atoms with E-state index >= 15 is 0 Å². The normalized spacial score (nSPS) is 12.0. The van der Waals surface area contributed by atoms with Crippen molar-refractivity contribution in [2.75, 3.05) is 13.7 Å². The molecule has 2 aromatic carbocycles. The van der Waals surface area contributed by atoms with Gasteiger partial charge in [-0.1, -0.05) is 17.7 Å². The molecule has 138 valence electrons. The van der Waals surface area contributed by atoms with E-state index in [0.717, 1.165) is 10.5 Å². The smallest absolute Gasteiger partial charge is 0.253 e. The number of carbonyl (C=O) groups is 1. The summed E-state index contributed by atoms with van der Waals surface area (Å²) in [4.78, 5) is 13.2. The monoisotopic (exact) mass is 372 g/mol. The van der Waals surface area contributed by atoms with Crippen LogP contribution in [0.3, 0.4) is 0 Å². The van der Waals surface area contributed by atoms with E-state index in [4.69, 9.17) is 9.47 Å². The maximum atomic E-state index is 12.2. The first-order valence-corrected chi connectivity index (χ1v) is 9.28. The van der Waals surface area contributed by atoms with E-state index in [-0.39, 0.29) is 11.2 Å². The summed E-state index contributed by atoms with van der Waals surface area (Å²) >= 11 is 1.50. The topological polar surface area (TPSA) is 59.9 Å². The van der Waals surface area contributed by atoms with E-state index < -0.39 is 0 Å². The minimum absolute atomic E-state index is 0.148. The molecule has 6 heteroatoms. The number of hydrazone groups is 1. The van der Waals surface area contributed by atoms with Gasteiger partial charge in [-0.2, -0.15) is 5.10 Å². The molecule has 1 N–H and O–H groups in total. The molecule has 0 saturated heterocycles. The molecule has 2 rings (SSSR count). The average molecular weight is 372 g/mol. The van der Waals surface area contributed by atoms with Crippen LogP contribution in [0, 0.1) is 6.92 Å². The molecule has 0 radical (unpaired) electrons. The second-order valence-electron chi connectivity index (χ2n) is 5.65. The standard InChI is InChI=1S/C20H24N2O3S/c1-5-25-18-11-8-16(12-19(18)24-4)13-21-22-20(23)15(3)26-17-9-6-14(2)7-10-17/h6-13,15H,5H2,1-4H3,(H,22,23)/b21-13-/t15-/m1/s1. The van der Waals surface area contributed by atoms with Gasteiger partial charge in [-0.3, -0.25) is 4.79 Å². The van der Waals surface area contributed by atoms with Crippen molar-refractivity contribution in [1.29, 1.82) is 0 Å². The van der Waals surface area contributed by atoms with E-state index in [9.17, 15) is 4.79 Å². The van der Waals surface area contributed by atoms with Crippen molar-refractivity contribution in [2.24, 2.45) is 5.10 Å². The highest BCUT2D eigenvalue weighted by molar-refractivity contribution is 8.00. The van der Waals surface area contributed by atoms with Gasteiger partial charge in [0.05, 0.1) is 25.2 Å². The molecule has 0 aliphatic rings. The number of amides is 1. The lowest BCUT2D eigenvalue weighted by Gasteiger charge is -2.10. The highest BCUT2D eigenvalue weighted by Crippen LogP contribution is 2.27. The quantitative estimate of drug-likeness (QED) is 0.432. The lowest BCUT2D eigenvalue weighted by molar-refractivity contribution is -0.120. The Balaban J connectivity index is 1.92. The van der Waals surface area contributed by atoms with E-state index in [2.05, 4.69) is 10.5 Å². The molecule has 5 nitrogen and oxygen atoms in total. The number of methoxy groups -OCH3 is 1. The molecule has 0 aliphatic heterocycles. The summed E-state index contributed by atoms with van der Waals surface area (Å²) in [6, 6.07) is 13.6. The van der Waals surface area contributed by atoms with E-state index in [1.54, 1.807) is 13.3 Å². The van der Waals surface area contributed by atoms with E-state index in [0.29, 0.717) is 18.1 Å². The van der Waals surface area contributed by atoms with Crippen LogP contribution in [-0.4, -0.2) is 31.1 Å². The highest BCUT2D eigenvalue weighted by Gasteiger charge is 2.13. The van der Waals surface area contributed by atoms with Crippen molar-refractivity contribution in [3.63, 3.8) is 0 Å². The first-order chi connectivity index (χ1) is 12.5. The van der Waals surface area contributed by atoms with Crippen LogP contribution < -0.4 is 14.9 Å². The third-order valence-corrected chi connectivity index (χ3v) is 4.69. The molecular formula is C20H24N2O3S. The van der Waals surface area contributed by atoms with E-state index in [1.165, 1.54) is 17.3 Å². The number of rotatable bonds is 8. The Kier molecular flexibility index (Phi) is 7.53. The van der Waals surface area contributed by atoms with Gasteiger partial charge in [-0.05, 0) is 56.7 Å². The maximum Gasteiger partial charge on any atom is 0.253 e. The van der Waals surface area contributed by atoms with Gasteiger partial charge in [0.2, 0.25) is 0 Å². The maximum absolute atomic E-state index is 12.2. The summed E-state index contributed by atoms with van der Waals surface area (Å²) < 4.78 is 10.8. The number of carbonyl (C=O) groups excluding carboxylic acids is 1. The second kappa shape index (κ2) is 9.87. The van der Waals surface area contributed by atoms with Crippen molar-refractivity contribution in [1.82, 2.24) is 5.43 Å². The Labute approximate surface area is 158 Å². The number of nitrogens with one attached hydrogen (secondary N) is 1. The third-order valence-electron chi connectivity index (χ3n) is 3.58. The van der Waals surface area contributed by atoms with Crippen LogP contribution in [0.25, 0.3) is 0 Å². The fourth-order valence-corrected chi connectivity index (χ4v) is 3.04. The van der Waals surface area contributed by atoms with Crippen LogP contribution in [0.1, 0.15) is 25.0 Å². The van der Waals surface area contributed by atoms with Crippen molar-refractivity contribution < 1.29 is 14.3 Å². The Morgan fingerprint density at radius 3 is 2.62 bits per heavy atom. The predicted octanol–water partition coefficient (Wildman–Crippen LogP) is 4.03. The van der Waals surface area contributed by atoms with Gasteiger partial charge in [0.25, 0.3) is 5.91 Å². The summed E-state index contributed by atoms with van der Waals surface area (Å²) in [5.41, 5.74) is 4.58. The third kappa shape index (κ3) is 5.81. The first-order valence-electron chi connectivity index (χ1n) is 8.40. The summed E-state index contributed by atoms with van der Waals surface area (Å²) in [5.74, 6) is 1.16. The Hall–Kier alpha value is -2.47. The van der Waals surface area contributed by atoms with Gasteiger partial charge in [0, 0.05) is 4.90 Å². The zero-order valence-corrected chi connectivity index (χ0v) is 16.3. The summed E-state index contributed by atoms with van der Waals surface area (Å²) in [7, 11) is 1.59. The number of ether oxygens (including phenoxy) is 2. The zero-order chi connectivity index (χ0) is 18.9. The summed E-state index contributed by atoms with van der Waals surface area (Å²) in [5, 5.41) is 3.79. The van der Waals surface area contributed by atoms with Crippen molar-refractivity contribution >= 4 is 23.9 Å². The van der Waals surface area contributed by atoms with Gasteiger partial charge < -0.3 is 9.47 Å². The van der Waals surface area contributed by atoms with Gasteiger partial charge in [0.1, 0.15) is 0 Å². The molecule has 0 aliphatic carbocycles. The lowest BCUT2D eigenvalue weighted by Crippen LogP contribution is -2.26. The van der Waals surface area contributed by atoms with Crippen LogP contribution in [0.4, 0.5) is 0 Å².